The number of aryl methyl sites for hydroxylation is 2. The Labute approximate surface area is 157 Å². The van der Waals surface area contributed by atoms with Crippen LogP contribution in [0.4, 0.5) is 0 Å². The van der Waals surface area contributed by atoms with Crippen molar-refractivity contribution in [1.29, 1.82) is 0 Å². The maximum atomic E-state index is 13.1. The predicted octanol–water partition coefficient (Wildman–Crippen LogP) is 5.93. The van der Waals surface area contributed by atoms with Crippen molar-refractivity contribution in [2.75, 3.05) is 0 Å². The van der Waals surface area contributed by atoms with Crippen LogP contribution in [-0.2, 0) is 9.84 Å². The number of hydrogen-bond acceptors (Lipinski definition) is 4. The van der Waals surface area contributed by atoms with Gasteiger partial charge < -0.3 is 0 Å². The molecule has 3 rings (SSSR count). The van der Waals surface area contributed by atoms with Gasteiger partial charge in [0.1, 0.15) is 0 Å². The minimum Gasteiger partial charge on any atom is -0.218 e. The molecule has 2 nitrogen and oxygen atoms in total. The zero-order valence-corrected chi connectivity index (χ0v) is 16.4. The SMILES string of the molecule is Cc1ccc(S/C=C(\c2cccs2)S(=O)(=O)c2ccc(C)cc2)cc1. The Morgan fingerprint density at radius 1 is 0.920 bits per heavy atom. The molecule has 1 heterocycles. The number of thioether (sulfide) groups is 1. The molecule has 5 heteroatoms. The molecule has 0 fully saturated rings. The van der Waals surface area contributed by atoms with Gasteiger partial charge in [-0.25, -0.2) is 8.42 Å². The van der Waals surface area contributed by atoms with E-state index < -0.39 is 9.84 Å². The van der Waals surface area contributed by atoms with Crippen molar-refractivity contribution in [2.45, 2.75) is 23.6 Å². The van der Waals surface area contributed by atoms with Crippen LogP contribution in [0.25, 0.3) is 4.91 Å². The third-order valence-corrected chi connectivity index (χ3v) is 7.60. The molecular formula is C20H18O2S3. The van der Waals surface area contributed by atoms with Crippen LogP contribution >= 0.6 is 23.1 Å². The van der Waals surface area contributed by atoms with Crippen molar-refractivity contribution in [3.05, 3.63) is 87.5 Å². The van der Waals surface area contributed by atoms with E-state index in [1.165, 1.54) is 28.7 Å². The van der Waals surface area contributed by atoms with E-state index in [1.54, 1.807) is 17.5 Å². The second kappa shape index (κ2) is 7.60. The molecule has 0 N–H and O–H groups in total. The van der Waals surface area contributed by atoms with Crippen LogP contribution in [0.3, 0.4) is 0 Å². The first-order valence-corrected chi connectivity index (χ1v) is 11.0. The molecule has 0 amide bonds. The summed E-state index contributed by atoms with van der Waals surface area (Å²) in [4.78, 5) is 2.43. The zero-order valence-electron chi connectivity index (χ0n) is 14.0. The molecule has 0 unspecified atom stereocenters. The second-order valence-corrected chi connectivity index (χ2v) is 9.52. The molecule has 2 aromatic carbocycles. The zero-order chi connectivity index (χ0) is 17.9. The van der Waals surface area contributed by atoms with Crippen LogP contribution in [0.15, 0.2) is 81.2 Å². The van der Waals surface area contributed by atoms with Gasteiger partial charge in [0, 0.05) is 9.77 Å². The Hall–Kier alpha value is -1.82. The maximum Gasteiger partial charge on any atom is 0.208 e. The van der Waals surface area contributed by atoms with Crippen molar-refractivity contribution >= 4 is 37.8 Å². The van der Waals surface area contributed by atoms with E-state index >= 15 is 0 Å². The molecule has 0 atom stereocenters. The molecule has 0 aliphatic rings. The van der Waals surface area contributed by atoms with Gasteiger partial charge in [-0.3, -0.25) is 0 Å². The summed E-state index contributed by atoms with van der Waals surface area (Å²) in [5, 5.41) is 3.63. The average molecular weight is 387 g/mol. The first-order valence-electron chi connectivity index (χ1n) is 7.76. The van der Waals surface area contributed by atoms with Gasteiger partial charge >= 0.3 is 0 Å². The smallest absolute Gasteiger partial charge is 0.208 e. The number of thiophene rings is 1. The molecule has 0 aliphatic carbocycles. The molecule has 0 saturated carbocycles. The third kappa shape index (κ3) is 4.24. The van der Waals surface area contributed by atoms with E-state index in [4.69, 9.17) is 0 Å². The lowest BCUT2D eigenvalue weighted by atomic mass is 10.2. The summed E-state index contributed by atoms with van der Waals surface area (Å²) < 4.78 is 26.3. The number of benzene rings is 2. The van der Waals surface area contributed by atoms with Crippen molar-refractivity contribution in [2.24, 2.45) is 0 Å². The van der Waals surface area contributed by atoms with E-state index in [0.717, 1.165) is 15.3 Å². The van der Waals surface area contributed by atoms with Crippen LogP contribution in [-0.4, -0.2) is 8.42 Å². The topological polar surface area (TPSA) is 34.1 Å². The summed E-state index contributed by atoms with van der Waals surface area (Å²) >= 11 is 2.86. The summed E-state index contributed by atoms with van der Waals surface area (Å²) in [5.41, 5.74) is 2.22. The molecule has 0 aliphatic heterocycles. The second-order valence-electron chi connectivity index (χ2n) is 5.71. The van der Waals surface area contributed by atoms with Gasteiger partial charge in [0.05, 0.1) is 9.80 Å². The van der Waals surface area contributed by atoms with Gasteiger partial charge in [-0.2, -0.15) is 0 Å². The lowest BCUT2D eigenvalue weighted by Gasteiger charge is -2.08. The molecule has 3 aromatic rings. The van der Waals surface area contributed by atoms with Crippen LogP contribution in [0.5, 0.6) is 0 Å². The molecule has 1 aromatic heterocycles. The van der Waals surface area contributed by atoms with Gasteiger partial charge in [0.25, 0.3) is 0 Å². The van der Waals surface area contributed by atoms with Crippen molar-refractivity contribution in [3.8, 4) is 0 Å². The average Bonchev–Trinajstić information content (AvgIpc) is 3.11. The van der Waals surface area contributed by atoms with E-state index in [9.17, 15) is 8.42 Å². The van der Waals surface area contributed by atoms with Crippen molar-refractivity contribution in [1.82, 2.24) is 0 Å². The van der Waals surface area contributed by atoms with Crippen molar-refractivity contribution < 1.29 is 8.42 Å². The molecule has 0 saturated heterocycles. The fourth-order valence-corrected chi connectivity index (χ4v) is 5.83. The number of sulfone groups is 1. The quantitative estimate of drug-likeness (QED) is 0.510. The molecule has 128 valence electrons. The van der Waals surface area contributed by atoms with Crippen LogP contribution in [0.2, 0.25) is 0 Å². The standard InChI is InChI=1S/C20H18O2S3/c1-15-5-9-17(10-6-15)24-14-20(19-4-3-13-23-19)25(21,22)18-11-7-16(2)8-12-18/h3-14H,1-2H3/b20-14+. The van der Waals surface area contributed by atoms with E-state index in [1.807, 2.05) is 67.8 Å². The Morgan fingerprint density at radius 2 is 1.52 bits per heavy atom. The normalized spacial score (nSPS) is 12.3. The monoisotopic (exact) mass is 386 g/mol. The van der Waals surface area contributed by atoms with Gasteiger partial charge in [0.15, 0.2) is 0 Å². The summed E-state index contributed by atoms with van der Waals surface area (Å²) in [6.45, 7) is 3.98. The highest BCUT2D eigenvalue weighted by Gasteiger charge is 2.23. The predicted molar refractivity (Wildman–Crippen MR) is 108 cm³/mol. The highest BCUT2D eigenvalue weighted by atomic mass is 32.2. The van der Waals surface area contributed by atoms with Gasteiger partial charge in [-0.1, -0.05) is 53.2 Å². The van der Waals surface area contributed by atoms with E-state index in [0.29, 0.717) is 9.80 Å². The molecule has 25 heavy (non-hydrogen) atoms. The molecular weight excluding hydrogens is 368 g/mol. The highest BCUT2D eigenvalue weighted by Crippen LogP contribution is 2.34. The fraction of sp³-hybridized carbons (Fsp3) is 0.100. The fourth-order valence-electron chi connectivity index (χ4n) is 2.26. The molecule has 0 radical (unpaired) electrons. The minimum absolute atomic E-state index is 0.322. The van der Waals surface area contributed by atoms with Gasteiger partial charge in [-0.05, 0) is 55.0 Å². The van der Waals surface area contributed by atoms with E-state index in [2.05, 4.69) is 0 Å². The Morgan fingerprint density at radius 3 is 2.08 bits per heavy atom. The summed E-state index contributed by atoms with van der Waals surface area (Å²) in [6, 6.07) is 18.8. The molecule has 0 spiro atoms. The first kappa shape index (κ1) is 18.0. The van der Waals surface area contributed by atoms with Gasteiger partial charge in [-0.15, -0.1) is 11.3 Å². The maximum absolute atomic E-state index is 13.1. The summed E-state index contributed by atoms with van der Waals surface area (Å²) in [5.74, 6) is 0. The third-order valence-electron chi connectivity index (χ3n) is 3.71. The van der Waals surface area contributed by atoms with Crippen molar-refractivity contribution in [3.63, 3.8) is 0 Å². The first-order chi connectivity index (χ1) is 12.0. The Bertz CT molecular complexity index is 966. The Kier molecular flexibility index (Phi) is 5.47. The Balaban J connectivity index is 2.01. The lowest BCUT2D eigenvalue weighted by Crippen LogP contribution is -2.03. The summed E-state index contributed by atoms with van der Waals surface area (Å²) in [7, 11) is -3.57. The van der Waals surface area contributed by atoms with E-state index in [-0.39, 0.29) is 0 Å². The van der Waals surface area contributed by atoms with Gasteiger partial charge in [0.2, 0.25) is 9.84 Å². The minimum atomic E-state index is -3.57. The number of rotatable bonds is 5. The molecule has 0 bridgehead atoms. The largest absolute Gasteiger partial charge is 0.218 e. The number of hydrogen-bond donors (Lipinski definition) is 0. The lowest BCUT2D eigenvalue weighted by molar-refractivity contribution is 0.606. The van der Waals surface area contributed by atoms with Crippen LogP contribution < -0.4 is 0 Å². The van der Waals surface area contributed by atoms with Crippen LogP contribution in [0.1, 0.15) is 16.0 Å². The highest BCUT2D eigenvalue weighted by molar-refractivity contribution is 8.06. The van der Waals surface area contributed by atoms with Crippen LogP contribution in [0, 0.1) is 13.8 Å². The summed E-state index contributed by atoms with van der Waals surface area (Å²) in [6.07, 6.45) is 0.